The molecule has 2 rings (SSSR count). The molecule has 1 fully saturated rings. The smallest absolute Gasteiger partial charge is 0.191 e. The quantitative estimate of drug-likeness (QED) is 0.417. The molecular formula is C18H31N3O2. The van der Waals surface area contributed by atoms with Crippen LogP contribution in [-0.4, -0.2) is 39.3 Å². The highest BCUT2D eigenvalue weighted by molar-refractivity contribution is 5.79. The minimum atomic E-state index is 0.756. The largest absolute Gasteiger partial charge is 0.469 e. The van der Waals surface area contributed by atoms with Crippen LogP contribution >= 0.6 is 0 Å². The molecule has 0 amide bonds. The van der Waals surface area contributed by atoms with E-state index in [0.717, 1.165) is 56.7 Å². The SMILES string of the molecule is COCCCNC(=NCC1CCCCC1)NCCc1ccco1. The Bertz CT molecular complexity index is 425. The molecule has 0 bridgehead atoms. The maximum absolute atomic E-state index is 5.37. The summed E-state index contributed by atoms with van der Waals surface area (Å²) in [5, 5.41) is 6.82. The van der Waals surface area contributed by atoms with Gasteiger partial charge in [0.25, 0.3) is 0 Å². The molecule has 1 aromatic rings. The van der Waals surface area contributed by atoms with Gasteiger partial charge in [-0.2, -0.15) is 0 Å². The highest BCUT2D eigenvalue weighted by Crippen LogP contribution is 2.23. The molecule has 5 heteroatoms. The molecule has 1 aliphatic carbocycles. The Morgan fingerprint density at radius 3 is 2.83 bits per heavy atom. The minimum Gasteiger partial charge on any atom is -0.469 e. The third-order valence-corrected chi connectivity index (χ3v) is 4.29. The van der Waals surface area contributed by atoms with Crippen LogP contribution in [0.4, 0.5) is 0 Å². The highest BCUT2D eigenvalue weighted by Gasteiger charge is 2.13. The molecule has 0 radical (unpaired) electrons. The summed E-state index contributed by atoms with van der Waals surface area (Å²) < 4.78 is 10.5. The standard InChI is InChI=1S/C18H31N3O2/c1-22-13-6-11-19-18(20-12-10-17-9-5-14-23-17)21-15-16-7-3-2-4-8-16/h5,9,14,16H,2-4,6-8,10-13,15H2,1H3,(H2,19,20,21). The molecule has 130 valence electrons. The number of furan rings is 1. The Kier molecular flexibility index (Phi) is 8.62. The van der Waals surface area contributed by atoms with E-state index in [1.165, 1.54) is 32.1 Å². The van der Waals surface area contributed by atoms with Crippen LogP contribution in [0.3, 0.4) is 0 Å². The molecule has 1 saturated carbocycles. The molecule has 0 spiro atoms. The Labute approximate surface area is 139 Å². The van der Waals surface area contributed by atoms with Crippen LogP contribution in [0.15, 0.2) is 27.8 Å². The van der Waals surface area contributed by atoms with E-state index < -0.39 is 0 Å². The lowest BCUT2D eigenvalue weighted by molar-refractivity contribution is 0.195. The second-order valence-corrected chi connectivity index (χ2v) is 6.22. The Morgan fingerprint density at radius 1 is 1.26 bits per heavy atom. The first-order chi connectivity index (χ1) is 11.4. The zero-order valence-corrected chi connectivity index (χ0v) is 14.4. The van der Waals surface area contributed by atoms with Crippen LogP contribution in [0.2, 0.25) is 0 Å². The number of rotatable bonds is 9. The molecule has 0 aromatic carbocycles. The van der Waals surface area contributed by atoms with Crippen molar-refractivity contribution in [1.82, 2.24) is 10.6 Å². The predicted molar refractivity (Wildman–Crippen MR) is 93.8 cm³/mol. The normalized spacial score (nSPS) is 16.5. The molecule has 0 unspecified atom stereocenters. The molecular weight excluding hydrogens is 290 g/mol. The third kappa shape index (κ3) is 7.55. The first-order valence-electron chi connectivity index (χ1n) is 8.92. The van der Waals surface area contributed by atoms with Crippen molar-refractivity contribution >= 4 is 5.96 Å². The highest BCUT2D eigenvalue weighted by atomic mass is 16.5. The lowest BCUT2D eigenvalue weighted by Crippen LogP contribution is -2.39. The number of ether oxygens (including phenoxy) is 1. The molecule has 0 atom stereocenters. The van der Waals surface area contributed by atoms with Gasteiger partial charge in [0.2, 0.25) is 0 Å². The summed E-state index contributed by atoms with van der Waals surface area (Å²) in [4.78, 5) is 4.79. The second-order valence-electron chi connectivity index (χ2n) is 6.22. The van der Waals surface area contributed by atoms with E-state index in [4.69, 9.17) is 14.1 Å². The zero-order chi connectivity index (χ0) is 16.2. The number of aliphatic imine (C=N–C) groups is 1. The van der Waals surface area contributed by atoms with Gasteiger partial charge in [0.05, 0.1) is 6.26 Å². The molecule has 0 saturated heterocycles. The second kappa shape index (κ2) is 11.1. The van der Waals surface area contributed by atoms with Crippen LogP contribution < -0.4 is 10.6 Å². The van der Waals surface area contributed by atoms with Crippen LogP contribution in [0.25, 0.3) is 0 Å². The van der Waals surface area contributed by atoms with Crippen LogP contribution in [0, 0.1) is 5.92 Å². The third-order valence-electron chi connectivity index (χ3n) is 4.29. The lowest BCUT2D eigenvalue weighted by atomic mass is 9.89. The number of methoxy groups -OCH3 is 1. The summed E-state index contributed by atoms with van der Waals surface area (Å²) in [6.45, 7) is 3.41. The fraction of sp³-hybridized carbons (Fsp3) is 0.722. The maximum Gasteiger partial charge on any atom is 0.191 e. The van der Waals surface area contributed by atoms with Gasteiger partial charge in [-0.3, -0.25) is 4.99 Å². The van der Waals surface area contributed by atoms with Gasteiger partial charge in [0.1, 0.15) is 5.76 Å². The van der Waals surface area contributed by atoms with Gasteiger partial charge in [0.15, 0.2) is 5.96 Å². The van der Waals surface area contributed by atoms with E-state index in [-0.39, 0.29) is 0 Å². The Morgan fingerprint density at radius 2 is 2.09 bits per heavy atom. The number of nitrogens with zero attached hydrogens (tertiary/aromatic N) is 1. The zero-order valence-electron chi connectivity index (χ0n) is 14.4. The summed E-state index contributed by atoms with van der Waals surface area (Å²) >= 11 is 0. The van der Waals surface area contributed by atoms with Gasteiger partial charge >= 0.3 is 0 Å². The number of hydrogen-bond acceptors (Lipinski definition) is 3. The van der Waals surface area contributed by atoms with Crippen molar-refractivity contribution in [1.29, 1.82) is 0 Å². The van der Waals surface area contributed by atoms with Gasteiger partial charge in [-0.1, -0.05) is 19.3 Å². The lowest BCUT2D eigenvalue weighted by Gasteiger charge is -2.20. The number of nitrogens with one attached hydrogen (secondary N) is 2. The van der Waals surface area contributed by atoms with Crippen molar-refractivity contribution in [2.24, 2.45) is 10.9 Å². The van der Waals surface area contributed by atoms with Gasteiger partial charge in [-0.25, -0.2) is 0 Å². The molecule has 1 heterocycles. The molecule has 23 heavy (non-hydrogen) atoms. The summed E-state index contributed by atoms with van der Waals surface area (Å²) in [5.74, 6) is 2.67. The first-order valence-corrected chi connectivity index (χ1v) is 8.92. The van der Waals surface area contributed by atoms with Crippen molar-refractivity contribution in [2.75, 3.05) is 33.4 Å². The van der Waals surface area contributed by atoms with Crippen LogP contribution in [0.5, 0.6) is 0 Å². The first kappa shape index (κ1) is 17.9. The van der Waals surface area contributed by atoms with Crippen molar-refractivity contribution in [2.45, 2.75) is 44.9 Å². The predicted octanol–water partition coefficient (Wildman–Crippen LogP) is 2.97. The summed E-state index contributed by atoms with van der Waals surface area (Å²) in [7, 11) is 1.74. The Hall–Kier alpha value is -1.49. The molecule has 1 aliphatic rings. The van der Waals surface area contributed by atoms with Crippen LogP contribution in [-0.2, 0) is 11.2 Å². The fourth-order valence-electron chi connectivity index (χ4n) is 2.95. The van der Waals surface area contributed by atoms with E-state index >= 15 is 0 Å². The van der Waals surface area contributed by atoms with Gasteiger partial charge in [-0.15, -0.1) is 0 Å². The van der Waals surface area contributed by atoms with E-state index in [1.54, 1.807) is 13.4 Å². The monoisotopic (exact) mass is 321 g/mol. The van der Waals surface area contributed by atoms with E-state index in [2.05, 4.69) is 10.6 Å². The average molecular weight is 321 g/mol. The molecule has 1 aromatic heterocycles. The summed E-state index contributed by atoms with van der Waals surface area (Å²) in [5.41, 5.74) is 0. The fourth-order valence-corrected chi connectivity index (χ4v) is 2.95. The maximum atomic E-state index is 5.37. The van der Waals surface area contributed by atoms with E-state index in [0.29, 0.717) is 0 Å². The molecule has 2 N–H and O–H groups in total. The minimum absolute atomic E-state index is 0.756. The molecule has 5 nitrogen and oxygen atoms in total. The van der Waals surface area contributed by atoms with Crippen molar-refractivity contribution in [3.8, 4) is 0 Å². The number of hydrogen-bond donors (Lipinski definition) is 2. The van der Waals surface area contributed by atoms with Gasteiger partial charge in [0, 0.05) is 39.8 Å². The van der Waals surface area contributed by atoms with E-state index in [1.807, 2.05) is 12.1 Å². The summed E-state index contributed by atoms with van der Waals surface area (Å²) in [6.07, 6.45) is 10.3. The van der Waals surface area contributed by atoms with Crippen molar-refractivity contribution in [3.05, 3.63) is 24.2 Å². The molecule has 0 aliphatic heterocycles. The van der Waals surface area contributed by atoms with Crippen LogP contribution in [0.1, 0.15) is 44.3 Å². The topological polar surface area (TPSA) is 58.8 Å². The van der Waals surface area contributed by atoms with Gasteiger partial charge < -0.3 is 19.8 Å². The van der Waals surface area contributed by atoms with Gasteiger partial charge in [-0.05, 0) is 37.3 Å². The number of guanidine groups is 1. The summed E-state index contributed by atoms with van der Waals surface area (Å²) in [6, 6.07) is 3.93. The average Bonchev–Trinajstić information content (AvgIpc) is 3.10. The Balaban J connectivity index is 1.74. The van der Waals surface area contributed by atoms with E-state index in [9.17, 15) is 0 Å². The van der Waals surface area contributed by atoms with Crippen molar-refractivity contribution in [3.63, 3.8) is 0 Å². The van der Waals surface area contributed by atoms with Crippen molar-refractivity contribution < 1.29 is 9.15 Å².